The van der Waals surface area contributed by atoms with Gasteiger partial charge in [0.2, 0.25) is 0 Å². The maximum absolute atomic E-state index is 11.0. The number of hydrogen-bond acceptors (Lipinski definition) is 4. The number of nitro benzene ring substituents is 1. The molecule has 0 aliphatic heterocycles. The summed E-state index contributed by atoms with van der Waals surface area (Å²) in [6.07, 6.45) is 0. The Labute approximate surface area is 84.1 Å². The number of nitrogens with zero attached hydrogens (tertiary/aromatic N) is 1. The number of carbonyl (C=O) groups excluding carboxylic acids is 1. The van der Waals surface area contributed by atoms with Gasteiger partial charge < -0.3 is 5.11 Å². The molecule has 0 saturated heterocycles. The normalized spacial score (nSPS) is 9.86. The van der Waals surface area contributed by atoms with Gasteiger partial charge in [0.1, 0.15) is 5.75 Å². The van der Waals surface area contributed by atoms with Crippen molar-refractivity contribution in [2.45, 2.75) is 6.92 Å². The molecule has 74 valence electrons. The second kappa shape index (κ2) is 3.63. The first kappa shape index (κ1) is 10.5. The van der Waals surface area contributed by atoms with E-state index in [0.29, 0.717) is 0 Å². The highest BCUT2D eigenvalue weighted by molar-refractivity contribution is 6.34. The summed E-state index contributed by atoms with van der Waals surface area (Å²) in [4.78, 5) is 20.6. The smallest absolute Gasteiger partial charge is 0.274 e. The lowest BCUT2D eigenvalue weighted by molar-refractivity contribution is -0.384. The summed E-state index contributed by atoms with van der Waals surface area (Å²) >= 11 is 5.59. The lowest BCUT2D eigenvalue weighted by atomic mass is 10.1. The van der Waals surface area contributed by atoms with E-state index in [1.165, 1.54) is 6.92 Å². The molecule has 5 nitrogen and oxygen atoms in total. The van der Waals surface area contributed by atoms with Gasteiger partial charge in [0.15, 0.2) is 5.78 Å². The Kier molecular flexibility index (Phi) is 2.71. The van der Waals surface area contributed by atoms with E-state index >= 15 is 0 Å². The van der Waals surface area contributed by atoms with Gasteiger partial charge in [0.25, 0.3) is 5.69 Å². The van der Waals surface area contributed by atoms with Gasteiger partial charge in [-0.05, 0) is 6.92 Å². The molecule has 1 N–H and O–H groups in total. The molecule has 1 rings (SSSR count). The predicted molar refractivity (Wildman–Crippen MR) is 49.8 cm³/mol. The zero-order valence-electron chi connectivity index (χ0n) is 7.15. The molecule has 14 heavy (non-hydrogen) atoms. The van der Waals surface area contributed by atoms with Crippen molar-refractivity contribution in [3.05, 3.63) is 32.8 Å². The van der Waals surface area contributed by atoms with Crippen LogP contribution in [0.25, 0.3) is 0 Å². The van der Waals surface area contributed by atoms with Crippen LogP contribution < -0.4 is 0 Å². The van der Waals surface area contributed by atoms with Crippen LogP contribution in [0.4, 0.5) is 5.69 Å². The number of nitro groups is 1. The molecular weight excluding hydrogens is 210 g/mol. The third-order valence-electron chi connectivity index (χ3n) is 1.62. The van der Waals surface area contributed by atoms with Crippen molar-refractivity contribution in [1.29, 1.82) is 0 Å². The van der Waals surface area contributed by atoms with Crippen LogP contribution in [0.3, 0.4) is 0 Å². The monoisotopic (exact) mass is 215 g/mol. The number of ketones is 1. The number of phenols is 1. The number of carbonyl (C=O) groups is 1. The Balaban J connectivity index is 3.39. The lowest BCUT2D eigenvalue weighted by Crippen LogP contribution is -1.96. The SMILES string of the molecule is CC(=O)c1c(O)cc([N+](=O)[O-])cc1Cl. The molecule has 0 aliphatic rings. The fourth-order valence-electron chi connectivity index (χ4n) is 1.03. The lowest BCUT2D eigenvalue weighted by Gasteiger charge is -2.02. The Hall–Kier alpha value is -1.62. The quantitative estimate of drug-likeness (QED) is 0.466. The van der Waals surface area contributed by atoms with Gasteiger partial charge in [-0.15, -0.1) is 0 Å². The molecule has 0 aromatic heterocycles. The Morgan fingerprint density at radius 1 is 1.57 bits per heavy atom. The fourth-order valence-corrected chi connectivity index (χ4v) is 1.37. The third kappa shape index (κ3) is 1.82. The Bertz CT molecular complexity index is 393. The second-order valence-corrected chi connectivity index (χ2v) is 3.04. The summed E-state index contributed by atoms with van der Waals surface area (Å²) in [6, 6.07) is 1.92. The van der Waals surface area contributed by atoms with Crippen molar-refractivity contribution in [2.24, 2.45) is 0 Å². The highest BCUT2D eigenvalue weighted by Gasteiger charge is 2.17. The number of aromatic hydroxyl groups is 1. The van der Waals surface area contributed by atoms with Crippen LogP contribution in [0.2, 0.25) is 5.02 Å². The molecule has 0 unspecified atom stereocenters. The molecule has 1 aromatic carbocycles. The van der Waals surface area contributed by atoms with E-state index < -0.39 is 16.5 Å². The number of Topliss-reactive ketones (excluding diaryl/α,β-unsaturated/α-hetero) is 1. The summed E-state index contributed by atoms with van der Waals surface area (Å²) in [5.41, 5.74) is -0.449. The van der Waals surface area contributed by atoms with Crippen LogP contribution >= 0.6 is 11.6 Å². The van der Waals surface area contributed by atoms with Gasteiger partial charge in [0, 0.05) is 6.07 Å². The number of halogens is 1. The average molecular weight is 216 g/mol. The van der Waals surface area contributed by atoms with E-state index in [0.717, 1.165) is 12.1 Å². The molecule has 1 aromatic rings. The summed E-state index contributed by atoms with van der Waals surface area (Å²) < 4.78 is 0. The largest absolute Gasteiger partial charge is 0.507 e. The maximum Gasteiger partial charge on any atom is 0.274 e. The fraction of sp³-hybridized carbons (Fsp3) is 0.125. The van der Waals surface area contributed by atoms with Crippen LogP contribution in [-0.2, 0) is 0 Å². The first-order valence-corrected chi connectivity index (χ1v) is 3.99. The zero-order chi connectivity index (χ0) is 10.9. The number of phenolic OH excluding ortho intramolecular Hbond substituents is 1. The third-order valence-corrected chi connectivity index (χ3v) is 1.92. The van der Waals surface area contributed by atoms with Gasteiger partial charge in [-0.2, -0.15) is 0 Å². The minimum absolute atomic E-state index is 0.0998. The molecule has 0 heterocycles. The van der Waals surface area contributed by atoms with E-state index in [1.807, 2.05) is 0 Å². The van der Waals surface area contributed by atoms with E-state index in [-0.39, 0.29) is 16.3 Å². The van der Waals surface area contributed by atoms with E-state index in [4.69, 9.17) is 11.6 Å². The average Bonchev–Trinajstić information content (AvgIpc) is 2.01. The topological polar surface area (TPSA) is 80.4 Å². The molecule has 0 radical (unpaired) electrons. The number of hydrogen-bond donors (Lipinski definition) is 1. The number of rotatable bonds is 2. The zero-order valence-corrected chi connectivity index (χ0v) is 7.91. The van der Waals surface area contributed by atoms with Gasteiger partial charge in [-0.25, -0.2) is 0 Å². The maximum atomic E-state index is 11.0. The molecule has 0 atom stereocenters. The molecular formula is C8H6ClNO4. The van der Waals surface area contributed by atoms with Crippen molar-refractivity contribution >= 4 is 23.1 Å². The first-order valence-electron chi connectivity index (χ1n) is 3.61. The van der Waals surface area contributed by atoms with E-state index in [1.54, 1.807) is 0 Å². The van der Waals surface area contributed by atoms with Crippen LogP contribution in [-0.4, -0.2) is 15.8 Å². The van der Waals surface area contributed by atoms with Crippen molar-refractivity contribution < 1.29 is 14.8 Å². The summed E-state index contributed by atoms with van der Waals surface area (Å²) in [5, 5.41) is 19.5. The van der Waals surface area contributed by atoms with Crippen molar-refractivity contribution in [3.63, 3.8) is 0 Å². The molecule has 0 aliphatic carbocycles. The van der Waals surface area contributed by atoms with Gasteiger partial charge in [0.05, 0.1) is 21.6 Å². The number of benzene rings is 1. The van der Waals surface area contributed by atoms with Crippen molar-refractivity contribution in [3.8, 4) is 5.75 Å². The predicted octanol–water partition coefficient (Wildman–Crippen LogP) is 2.16. The van der Waals surface area contributed by atoms with Crippen LogP contribution in [0.5, 0.6) is 5.75 Å². The molecule has 0 bridgehead atoms. The minimum Gasteiger partial charge on any atom is -0.507 e. The van der Waals surface area contributed by atoms with Gasteiger partial charge >= 0.3 is 0 Å². The molecule has 0 amide bonds. The molecule has 0 saturated carbocycles. The minimum atomic E-state index is -0.699. The summed E-state index contributed by atoms with van der Waals surface area (Å²) in [6.45, 7) is 1.22. The first-order chi connectivity index (χ1) is 6.43. The van der Waals surface area contributed by atoms with Crippen molar-refractivity contribution in [1.82, 2.24) is 0 Å². The molecule has 0 spiro atoms. The van der Waals surface area contributed by atoms with E-state index in [2.05, 4.69) is 0 Å². The summed E-state index contributed by atoms with van der Waals surface area (Å²) in [7, 11) is 0. The van der Waals surface area contributed by atoms with Crippen LogP contribution in [0.1, 0.15) is 17.3 Å². The van der Waals surface area contributed by atoms with Gasteiger partial charge in [-0.3, -0.25) is 14.9 Å². The van der Waals surface area contributed by atoms with E-state index in [9.17, 15) is 20.0 Å². The Morgan fingerprint density at radius 2 is 2.14 bits per heavy atom. The van der Waals surface area contributed by atoms with Crippen LogP contribution in [0.15, 0.2) is 12.1 Å². The van der Waals surface area contributed by atoms with Crippen molar-refractivity contribution in [2.75, 3.05) is 0 Å². The number of non-ortho nitro benzene ring substituents is 1. The molecule has 0 fully saturated rings. The molecule has 6 heteroatoms. The highest BCUT2D eigenvalue weighted by Crippen LogP contribution is 2.31. The standard InChI is InChI=1S/C8H6ClNO4/c1-4(11)8-6(9)2-5(10(13)14)3-7(8)12/h2-3,12H,1H3. The van der Waals surface area contributed by atoms with Crippen LogP contribution in [0, 0.1) is 10.1 Å². The highest BCUT2D eigenvalue weighted by atomic mass is 35.5. The second-order valence-electron chi connectivity index (χ2n) is 2.64. The Morgan fingerprint density at radius 3 is 2.50 bits per heavy atom. The van der Waals surface area contributed by atoms with Gasteiger partial charge in [-0.1, -0.05) is 11.6 Å². The summed E-state index contributed by atoms with van der Waals surface area (Å²) in [5.74, 6) is -0.918.